The van der Waals surface area contributed by atoms with Crippen molar-refractivity contribution in [3.8, 4) is 0 Å². The number of nitro groups is 1. The van der Waals surface area contributed by atoms with E-state index in [1.54, 1.807) is 52.1 Å². The molecule has 2 aromatic rings. The molecule has 0 bridgehead atoms. The summed E-state index contributed by atoms with van der Waals surface area (Å²) in [6, 6.07) is 9.00. The first kappa shape index (κ1) is 22.6. The zero-order valence-electron chi connectivity index (χ0n) is 17.2. The van der Waals surface area contributed by atoms with Crippen LogP contribution < -0.4 is 10.9 Å². The van der Waals surface area contributed by atoms with E-state index in [0.717, 1.165) is 22.9 Å². The lowest BCUT2D eigenvalue weighted by molar-refractivity contribution is -0.385. The smallest absolute Gasteiger partial charge is 0.410 e. The number of pyridine rings is 1. The van der Waals surface area contributed by atoms with Gasteiger partial charge in [-0.15, -0.1) is 0 Å². The second-order valence-corrected chi connectivity index (χ2v) is 7.65. The van der Waals surface area contributed by atoms with E-state index in [-0.39, 0.29) is 12.2 Å². The van der Waals surface area contributed by atoms with E-state index >= 15 is 0 Å². The molecule has 2 amide bonds. The Labute approximate surface area is 173 Å². The number of nitrogens with one attached hydrogen (secondary N) is 1. The van der Waals surface area contributed by atoms with Gasteiger partial charge < -0.3 is 15.0 Å². The number of aromatic nitrogens is 1. The fraction of sp³-hybridized carbons (Fsp3) is 0.350. The van der Waals surface area contributed by atoms with Crippen molar-refractivity contribution < 1.29 is 19.2 Å². The molecule has 30 heavy (non-hydrogen) atoms. The van der Waals surface area contributed by atoms with Gasteiger partial charge in [0.2, 0.25) is 5.91 Å². The summed E-state index contributed by atoms with van der Waals surface area (Å²) in [5.74, 6) is -0.537. The van der Waals surface area contributed by atoms with Gasteiger partial charge in [0.15, 0.2) is 0 Å². The van der Waals surface area contributed by atoms with Crippen LogP contribution in [-0.2, 0) is 22.6 Å². The van der Waals surface area contributed by atoms with E-state index in [9.17, 15) is 24.5 Å². The Kier molecular flexibility index (Phi) is 6.93. The Balaban J connectivity index is 2.12. The van der Waals surface area contributed by atoms with Crippen LogP contribution in [0.5, 0.6) is 0 Å². The number of benzene rings is 1. The van der Waals surface area contributed by atoms with Crippen LogP contribution in [0.1, 0.15) is 26.3 Å². The van der Waals surface area contributed by atoms with Crippen molar-refractivity contribution in [2.24, 2.45) is 0 Å². The quantitative estimate of drug-likeness (QED) is 0.570. The lowest BCUT2D eigenvalue weighted by atomic mass is 10.1. The maximum atomic E-state index is 12.4. The maximum Gasteiger partial charge on any atom is 0.410 e. The highest BCUT2D eigenvalue weighted by Crippen LogP contribution is 2.18. The first-order valence-electron chi connectivity index (χ1n) is 9.13. The number of hydrogen-bond donors (Lipinski definition) is 1. The van der Waals surface area contributed by atoms with Gasteiger partial charge in [-0.1, -0.05) is 18.2 Å². The summed E-state index contributed by atoms with van der Waals surface area (Å²) in [7, 11) is 1.58. The van der Waals surface area contributed by atoms with Crippen molar-refractivity contribution in [3.63, 3.8) is 0 Å². The van der Waals surface area contributed by atoms with Gasteiger partial charge in [0.25, 0.3) is 11.2 Å². The van der Waals surface area contributed by atoms with Gasteiger partial charge in [-0.25, -0.2) is 4.79 Å². The van der Waals surface area contributed by atoms with Crippen LogP contribution >= 0.6 is 0 Å². The Morgan fingerprint density at radius 1 is 1.20 bits per heavy atom. The van der Waals surface area contributed by atoms with Crippen molar-refractivity contribution in [2.45, 2.75) is 39.5 Å². The Morgan fingerprint density at radius 3 is 2.50 bits per heavy atom. The minimum atomic E-state index is -0.643. The highest BCUT2D eigenvalue weighted by Gasteiger charge is 2.20. The molecule has 1 aromatic carbocycles. The normalized spacial score (nSPS) is 10.9. The maximum absolute atomic E-state index is 12.4. The summed E-state index contributed by atoms with van der Waals surface area (Å²) >= 11 is 0. The van der Waals surface area contributed by atoms with E-state index in [4.69, 9.17) is 4.74 Å². The largest absolute Gasteiger partial charge is 0.444 e. The number of anilines is 1. The molecule has 0 spiro atoms. The standard InChI is InChI=1S/C20H24N4O6/c1-20(2,3)30-19(27)22(4)11-14-7-5-6-8-16(14)21-17(25)13-23-12-15(24(28)29)9-10-18(23)26/h5-10,12H,11,13H2,1-4H3,(H,21,25). The fourth-order valence-corrected chi connectivity index (χ4v) is 2.53. The molecule has 0 fully saturated rings. The number of carbonyl (C=O) groups is 2. The molecule has 1 heterocycles. The van der Waals surface area contributed by atoms with Gasteiger partial charge in [0.1, 0.15) is 12.1 Å². The van der Waals surface area contributed by atoms with E-state index in [1.807, 2.05) is 0 Å². The molecule has 10 nitrogen and oxygen atoms in total. The lowest BCUT2D eigenvalue weighted by Crippen LogP contribution is -2.34. The van der Waals surface area contributed by atoms with Crippen molar-refractivity contribution in [3.05, 3.63) is 68.6 Å². The SMILES string of the molecule is CN(Cc1ccccc1NC(=O)Cn1cc([N+](=O)[O-])ccc1=O)C(=O)OC(C)(C)C. The van der Waals surface area contributed by atoms with Gasteiger partial charge in [0, 0.05) is 24.9 Å². The first-order chi connectivity index (χ1) is 14.0. The third-order valence-corrected chi connectivity index (χ3v) is 3.90. The molecule has 0 saturated carbocycles. The third kappa shape index (κ3) is 6.43. The number of nitrogens with zero attached hydrogens (tertiary/aromatic N) is 3. The van der Waals surface area contributed by atoms with Crippen molar-refractivity contribution in [2.75, 3.05) is 12.4 Å². The van der Waals surface area contributed by atoms with Gasteiger partial charge in [-0.05, 0) is 32.4 Å². The average molecular weight is 416 g/mol. The zero-order chi connectivity index (χ0) is 22.5. The molecule has 0 aliphatic heterocycles. The molecule has 2 rings (SSSR count). The monoisotopic (exact) mass is 416 g/mol. The van der Waals surface area contributed by atoms with Gasteiger partial charge in [-0.2, -0.15) is 0 Å². The van der Waals surface area contributed by atoms with Crippen LogP contribution in [0.2, 0.25) is 0 Å². The Hall–Kier alpha value is -3.69. The van der Waals surface area contributed by atoms with Gasteiger partial charge in [0.05, 0.1) is 17.7 Å². The summed E-state index contributed by atoms with van der Waals surface area (Å²) in [4.78, 5) is 48.1. The minimum Gasteiger partial charge on any atom is -0.444 e. The Morgan fingerprint density at radius 2 is 1.87 bits per heavy atom. The molecular formula is C20H24N4O6. The molecule has 0 radical (unpaired) electrons. The van der Waals surface area contributed by atoms with Crippen LogP contribution in [-0.4, -0.2) is 39.0 Å². The third-order valence-electron chi connectivity index (χ3n) is 3.90. The van der Waals surface area contributed by atoms with Gasteiger partial charge >= 0.3 is 6.09 Å². The molecular weight excluding hydrogens is 392 g/mol. The van der Waals surface area contributed by atoms with Crippen LogP contribution in [0.3, 0.4) is 0 Å². The van der Waals surface area contributed by atoms with Crippen LogP contribution in [0, 0.1) is 10.1 Å². The number of para-hydroxylation sites is 1. The van der Waals surface area contributed by atoms with E-state index in [2.05, 4.69) is 5.32 Å². The lowest BCUT2D eigenvalue weighted by Gasteiger charge is -2.25. The molecule has 1 N–H and O–H groups in total. The molecule has 0 atom stereocenters. The molecule has 160 valence electrons. The first-order valence-corrected chi connectivity index (χ1v) is 9.13. The molecule has 0 aliphatic rings. The number of carbonyl (C=O) groups excluding carboxylic acids is 2. The highest BCUT2D eigenvalue weighted by atomic mass is 16.6. The van der Waals surface area contributed by atoms with Gasteiger partial charge in [-0.3, -0.25) is 24.3 Å². The molecule has 0 saturated heterocycles. The van der Waals surface area contributed by atoms with Crippen molar-refractivity contribution in [1.82, 2.24) is 9.47 Å². The van der Waals surface area contributed by atoms with Crippen LogP contribution in [0.4, 0.5) is 16.2 Å². The number of ether oxygens (including phenoxy) is 1. The minimum absolute atomic E-state index is 0.183. The summed E-state index contributed by atoms with van der Waals surface area (Å²) in [5, 5.41) is 13.6. The average Bonchev–Trinajstić information content (AvgIpc) is 2.63. The summed E-state index contributed by atoms with van der Waals surface area (Å²) in [6.07, 6.45) is 0.510. The van der Waals surface area contributed by atoms with E-state index in [0.29, 0.717) is 11.3 Å². The second kappa shape index (κ2) is 9.21. The molecule has 0 unspecified atom stereocenters. The number of rotatable bonds is 6. The van der Waals surface area contributed by atoms with Crippen LogP contribution in [0.25, 0.3) is 0 Å². The fourth-order valence-electron chi connectivity index (χ4n) is 2.53. The number of hydrogen-bond acceptors (Lipinski definition) is 6. The van der Waals surface area contributed by atoms with E-state index < -0.39 is 34.6 Å². The second-order valence-electron chi connectivity index (χ2n) is 7.65. The molecule has 1 aromatic heterocycles. The number of amides is 2. The van der Waals surface area contributed by atoms with Crippen LogP contribution in [0.15, 0.2) is 47.4 Å². The molecule has 10 heteroatoms. The van der Waals surface area contributed by atoms with Crippen molar-refractivity contribution in [1.29, 1.82) is 0 Å². The van der Waals surface area contributed by atoms with Crippen molar-refractivity contribution >= 4 is 23.4 Å². The van der Waals surface area contributed by atoms with E-state index in [1.165, 1.54) is 4.90 Å². The zero-order valence-corrected chi connectivity index (χ0v) is 17.2. The molecule has 0 aliphatic carbocycles. The summed E-state index contributed by atoms with van der Waals surface area (Å²) < 4.78 is 6.28. The predicted molar refractivity (Wildman–Crippen MR) is 110 cm³/mol. The summed E-state index contributed by atoms with van der Waals surface area (Å²) in [6.45, 7) is 5.09. The predicted octanol–water partition coefficient (Wildman–Crippen LogP) is 2.76. The summed E-state index contributed by atoms with van der Waals surface area (Å²) in [5.41, 5.74) is -0.345. The topological polar surface area (TPSA) is 124 Å². The highest BCUT2D eigenvalue weighted by molar-refractivity contribution is 5.91. The Bertz CT molecular complexity index is 1010.